The normalized spacial score (nSPS) is 20.8. The molecule has 128 valence electrons. The highest BCUT2D eigenvalue weighted by Crippen LogP contribution is 2.33. The van der Waals surface area contributed by atoms with Gasteiger partial charge in [-0.05, 0) is 47.9 Å². The van der Waals surface area contributed by atoms with E-state index in [0.29, 0.717) is 22.3 Å². The van der Waals surface area contributed by atoms with Gasteiger partial charge in [0.15, 0.2) is 5.78 Å². The summed E-state index contributed by atoms with van der Waals surface area (Å²) in [6, 6.07) is 5.48. The summed E-state index contributed by atoms with van der Waals surface area (Å²) in [6.07, 6.45) is 9.47. The van der Waals surface area contributed by atoms with Crippen LogP contribution in [-0.4, -0.2) is 17.5 Å². The maximum atomic E-state index is 11.7. The summed E-state index contributed by atoms with van der Waals surface area (Å²) in [5, 5.41) is 0.440. The van der Waals surface area contributed by atoms with E-state index in [0.717, 1.165) is 29.7 Å². The highest BCUT2D eigenvalue weighted by molar-refractivity contribution is 8.18. The average molecular weight is 365 g/mol. The molecule has 1 aliphatic carbocycles. The SMILES string of the molecule is O=C1CC(=O)/C(=C/c2ccc(OCCC3CCCCC3)c(Cl)c2)S1. The number of carbonyl (C=O) groups excluding carboxylic acids is 2. The van der Waals surface area contributed by atoms with E-state index in [2.05, 4.69) is 0 Å². The third kappa shape index (κ3) is 4.64. The second-order valence-corrected chi connectivity index (χ2v) is 7.92. The van der Waals surface area contributed by atoms with Crippen molar-refractivity contribution in [2.45, 2.75) is 44.9 Å². The second kappa shape index (κ2) is 8.21. The zero-order chi connectivity index (χ0) is 16.9. The lowest BCUT2D eigenvalue weighted by atomic mass is 9.87. The maximum absolute atomic E-state index is 11.7. The zero-order valence-corrected chi connectivity index (χ0v) is 15.1. The minimum atomic E-state index is -0.117. The van der Waals surface area contributed by atoms with Gasteiger partial charge in [0.1, 0.15) is 5.75 Å². The molecule has 1 aromatic rings. The van der Waals surface area contributed by atoms with E-state index in [-0.39, 0.29) is 17.3 Å². The third-order valence-corrected chi connectivity index (χ3v) is 5.80. The van der Waals surface area contributed by atoms with Gasteiger partial charge in [0.25, 0.3) is 0 Å². The van der Waals surface area contributed by atoms with E-state index in [1.54, 1.807) is 12.1 Å². The van der Waals surface area contributed by atoms with Crippen molar-refractivity contribution in [2.75, 3.05) is 6.61 Å². The van der Waals surface area contributed by atoms with Crippen LogP contribution in [0.4, 0.5) is 0 Å². The summed E-state index contributed by atoms with van der Waals surface area (Å²) in [7, 11) is 0. The molecule has 0 radical (unpaired) electrons. The fourth-order valence-electron chi connectivity index (χ4n) is 3.23. The Morgan fingerprint density at radius 3 is 2.67 bits per heavy atom. The summed E-state index contributed by atoms with van der Waals surface area (Å²) >= 11 is 7.30. The Labute approximate surface area is 151 Å². The molecule has 0 atom stereocenters. The van der Waals surface area contributed by atoms with Gasteiger partial charge in [0, 0.05) is 0 Å². The van der Waals surface area contributed by atoms with E-state index >= 15 is 0 Å². The number of Topliss-reactive ketones (excluding diaryl/α,β-unsaturated/α-hetero) is 1. The van der Waals surface area contributed by atoms with Gasteiger partial charge in [0.05, 0.1) is 23.0 Å². The minimum absolute atomic E-state index is 0.00735. The standard InChI is InChI=1S/C19H21ClO3S/c20-15-10-14(11-18-16(21)12-19(22)24-18)6-7-17(15)23-9-8-13-4-2-1-3-5-13/h6-7,10-11,13H,1-5,8-9,12H2/b18-11-. The Kier molecular flexibility index (Phi) is 6.01. The molecule has 3 nitrogen and oxygen atoms in total. The molecule has 1 heterocycles. The number of rotatable bonds is 5. The molecule has 0 unspecified atom stereocenters. The molecule has 0 amide bonds. The lowest BCUT2D eigenvalue weighted by molar-refractivity contribution is -0.119. The molecule has 2 aliphatic rings. The summed E-state index contributed by atoms with van der Waals surface area (Å²) in [5.41, 5.74) is 0.810. The fraction of sp³-hybridized carbons (Fsp3) is 0.474. The van der Waals surface area contributed by atoms with E-state index < -0.39 is 0 Å². The van der Waals surface area contributed by atoms with E-state index in [4.69, 9.17) is 16.3 Å². The zero-order valence-electron chi connectivity index (χ0n) is 13.6. The topological polar surface area (TPSA) is 43.4 Å². The molecular weight excluding hydrogens is 344 g/mol. The molecule has 1 saturated heterocycles. The lowest BCUT2D eigenvalue weighted by Crippen LogP contribution is -2.10. The van der Waals surface area contributed by atoms with Gasteiger partial charge in [-0.1, -0.05) is 49.8 Å². The van der Waals surface area contributed by atoms with Crippen molar-refractivity contribution in [3.63, 3.8) is 0 Å². The molecule has 1 aromatic carbocycles. The van der Waals surface area contributed by atoms with Crippen LogP contribution in [0, 0.1) is 5.92 Å². The number of carbonyl (C=O) groups is 2. The number of ketones is 1. The molecule has 1 aliphatic heterocycles. The van der Waals surface area contributed by atoms with Gasteiger partial charge in [-0.3, -0.25) is 9.59 Å². The fourth-order valence-corrected chi connectivity index (χ4v) is 4.30. The smallest absolute Gasteiger partial charge is 0.201 e. The molecule has 1 saturated carbocycles. The molecule has 0 spiro atoms. The monoisotopic (exact) mass is 364 g/mol. The first-order chi connectivity index (χ1) is 11.6. The van der Waals surface area contributed by atoms with Crippen molar-refractivity contribution in [3.05, 3.63) is 33.7 Å². The number of halogens is 1. The van der Waals surface area contributed by atoms with Gasteiger partial charge in [0.2, 0.25) is 5.12 Å². The van der Waals surface area contributed by atoms with Crippen LogP contribution in [0.15, 0.2) is 23.1 Å². The summed E-state index contributed by atoms with van der Waals surface area (Å²) in [6.45, 7) is 0.688. The van der Waals surface area contributed by atoms with E-state index in [9.17, 15) is 9.59 Å². The van der Waals surface area contributed by atoms with Crippen molar-refractivity contribution < 1.29 is 14.3 Å². The molecule has 24 heavy (non-hydrogen) atoms. The van der Waals surface area contributed by atoms with Crippen molar-refractivity contribution in [3.8, 4) is 5.75 Å². The quantitative estimate of drug-likeness (QED) is 0.527. The van der Waals surface area contributed by atoms with Crippen LogP contribution in [0.25, 0.3) is 6.08 Å². The van der Waals surface area contributed by atoms with Crippen LogP contribution in [0.3, 0.4) is 0 Å². The number of benzene rings is 1. The number of allylic oxidation sites excluding steroid dienone is 1. The Balaban J connectivity index is 1.57. The van der Waals surface area contributed by atoms with Crippen LogP contribution in [-0.2, 0) is 9.59 Å². The van der Waals surface area contributed by atoms with E-state index in [1.807, 2.05) is 12.1 Å². The highest BCUT2D eigenvalue weighted by atomic mass is 35.5. The highest BCUT2D eigenvalue weighted by Gasteiger charge is 2.25. The van der Waals surface area contributed by atoms with Gasteiger partial charge >= 0.3 is 0 Å². The lowest BCUT2D eigenvalue weighted by Gasteiger charge is -2.21. The predicted octanol–water partition coefficient (Wildman–Crippen LogP) is 5.26. The van der Waals surface area contributed by atoms with Gasteiger partial charge in [-0.2, -0.15) is 0 Å². The average Bonchev–Trinajstić information content (AvgIpc) is 2.88. The second-order valence-electron chi connectivity index (χ2n) is 6.41. The van der Waals surface area contributed by atoms with Crippen molar-refractivity contribution in [2.24, 2.45) is 5.92 Å². The van der Waals surface area contributed by atoms with Crippen molar-refractivity contribution in [1.82, 2.24) is 0 Å². The van der Waals surface area contributed by atoms with Crippen molar-refractivity contribution in [1.29, 1.82) is 0 Å². The number of thioether (sulfide) groups is 1. The van der Waals surface area contributed by atoms with Crippen LogP contribution in [0.5, 0.6) is 5.75 Å². The summed E-state index contributed by atoms with van der Waals surface area (Å²) in [5.74, 6) is 1.34. The predicted molar refractivity (Wildman–Crippen MR) is 98.3 cm³/mol. The first kappa shape index (κ1) is 17.6. The molecule has 2 fully saturated rings. The van der Waals surface area contributed by atoms with Gasteiger partial charge in [-0.15, -0.1) is 0 Å². The minimum Gasteiger partial charge on any atom is -0.492 e. The Morgan fingerprint density at radius 2 is 2.00 bits per heavy atom. The van der Waals surface area contributed by atoms with Crippen LogP contribution in [0.2, 0.25) is 5.02 Å². The third-order valence-electron chi connectivity index (χ3n) is 4.57. The largest absolute Gasteiger partial charge is 0.492 e. The summed E-state index contributed by atoms with van der Waals surface area (Å²) < 4.78 is 5.82. The number of ether oxygens (including phenoxy) is 1. The molecular formula is C19H21ClO3S. The van der Waals surface area contributed by atoms with Gasteiger partial charge in [-0.25, -0.2) is 0 Å². The molecule has 3 rings (SSSR count). The maximum Gasteiger partial charge on any atom is 0.201 e. The van der Waals surface area contributed by atoms with Crippen LogP contribution < -0.4 is 4.74 Å². The first-order valence-corrected chi connectivity index (χ1v) is 9.69. The molecule has 0 aromatic heterocycles. The number of hydrogen-bond donors (Lipinski definition) is 0. The Bertz CT molecular complexity index is 663. The van der Waals surface area contributed by atoms with Crippen LogP contribution in [0.1, 0.15) is 50.5 Å². The molecule has 0 N–H and O–H groups in total. The molecule has 5 heteroatoms. The Morgan fingerprint density at radius 1 is 1.21 bits per heavy atom. The van der Waals surface area contributed by atoms with Gasteiger partial charge < -0.3 is 4.74 Å². The van der Waals surface area contributed by atoms with Crippen molar-refractivity contribution >= 4 is 40.3 Å². The van der Waals surface area contributed by atoms with Crippen LogP contribution >= 0.6 is 23.4 Å². The summed E-state index contributed by atoms with van der Waals surface area (Å²) in [4.78, 5) is 23.4. The number of hydrogen-bond acceptors (Lipinski definition) is 4. The Hall–Kier alpha value is -1.26. The molecule has 0 bridgehead atoms. The first-order valence-electron chi connectivity index (χ1n) is 8.50. The van der Waals surface area contributed by atoms with E-state index in [1.165, 1.54) is 32.1 Å².